The molecule has 0 radical (unpaired) electrons. The first kappa shape index (κ1) is 15.5. The number of esters is 2. The van der Waals surface area contributed by atoms with E-state index in [0.717, 1.165) is 6.42 Å². The van der Waals surface area contributed by atoms with Gasteiger partial charge in [-0.1, -0.05) is 6.42 Å². The third-order valence-corrected chi connectivity index (χ3v) is 3.25. The van der Waals surface area contributed by atoms with E-state index in [1.54, 1.807) is 13.8 Å². The minimum atomic E-state index is -0.597. The summed E-state index contributed by atoms with van der Waals surface area (Å²) >= 11 is 0. The molecule has 0 aromatic rings. The molecule has 0 unspecified atom stereocenters. The Hall–Kier alpha value is -1.59. The highest BCUT2D eigenvalue weighted by molar-refractivity contribution is 5.94. The van der Waals surface area contributed by atoms with Gasteiger partial charge < -0.3 is 14.8 Å². The molecule has 0 aromatic heterocycles. The second-order valence-corrected chi connectivity index (χ2v) is 4.61. The number of ether oxygens (including phenoxy) is 2. The van der Waals surface area contributed by atoms with Crippen LogP contribution >= 0.6 is 0 Å². The van der Waals surface area contributed by atoms with Gasteiger partial charge in [0.1, 0.15) is 6.42 Å². The van der Waals surface area contributed by atoms with E-state index in [1.807, 2.05) is 0 Å². The average Bonchev–Trinajstić information content (AvgIpc) is 2.28. The Morgan fingerprint density at radius 1 is 1.11 bits per heavy atom. The summed E-state index contributed by atoms with van der Waals surface area (Å²) in [6, 6.07) is 0. The number of carbonyl (C=O) groups is 3. The average molecular weight is 271 g/mol. The van der Waals surface area contributed by atoms with Crippen LogP contribution in [0.3, 0.4) is 0 Å². The van der Waals surface area contributed by atoms with Crippen molar-refractivity contribution in [3.05, 3.63) is 0 Å². The molecule has 108 valence electrons. The topological polar surface area (TPSA) is 81.7 Å². The minimum absolute atomic E-state index is 0.226. The van der Waals surface area contributed by atoms with E-state index in [1.165, 1.54) is 0 Å². The lowest BCUT2D eigenvalue weighted by molar-refractivity contribution is -0.160. The third-order valence-electron chi connectivity index (χ3n) is 3.25. The fourth-order valence-electron chi connectivity index (χ4n) is 2.01. The molecule has 0 spiro atoms. The normalized spacial score (nSPS) is 16.1. The lowest BCUT2D eigenvalue weighted by atomic mass is 9.68. The number of hydrogen-bond donors (Lipinski definition) is 1. The molecule has 0 heterocycles. The summed E-state index contributed by atoms with van der Waals surface area (Å²) in [6.45, 7) is 4.24. The molecule has 6 nitrogen and oxygen atoms in total. The number of hydrogen-bond acceptors (Lipinski definition) is 5. The van der Waals surface area contributed by atoms with Crippen molar-refractivity contribution in [3.63, 3.8) is 0 Å². The Balaban J connectivity index is 2.39. The fourth-order valence-corrected chi connectivity index (χ4v) is 2.01. The molecule has 6 heteroatoms. The fraction of sp³-hybridized carbons (Fsp3) is 0.769. The molecular weight excluding hydrogens is 250 g/mol. The second-order valence-electron chi connectivity index (χ2n) is 4.61. The number of carbonyl (C=O) groups excluding carboxylic acids is 3. The smallest absolute Gasteiger partial charge is 0.315 e. The summed E-state index contributed by atoms with van der Waals surface area (Å²) in [5, 5.41) is 2.61. The van der Waals surface area contributed by atoms with Crippen molar-refractivity contribution < 1.29 is 23.9 Å². The Morgan fingerprint density at radius 2 is 1.74 bits per heavy atom. The monoisotopic (exact) mass is 271 g/mol. The lowest BCUT2D eigenvalue weighted by Gasteiger charge is -2.39. The lowest BCUT2D eigenvalue weighted by Crippen LogP contribution is -2.48. The molecule has 0 atom stereocenters. The quantitative estimate of drug-likeness (QED) is 0.547. The molecule has 1 N–H and O–H groups in total. The van der Waals surface area contributed by atoms with E-state index in [0.29, 0.717) is 19.4 Å². The summed E-state index contributed by atoms with van der Waals surface area (Å²) in [5.74, 6) is -1.24. The van der Waals surface area contributed by atoms with Crippen LogP contribution in [-0.4, -0.2) is 37.6 Å². The van der Waals surface area contributed by atoms with Crippen LogP contribution in [0, 0.1) is 5.41 Å². The molecule has 1 fully saturated rings. The Kier molecular flexibility index (Phi) is 5.79. The zero-order chi connectivity index (χ0) is 14.3. The summed E-state index contributed by atoms with van der Waals surface area (Å²) in [6.07, 6.45) is 2.07. The minimum Gasteiger partial charge on any atom is -0.466 e. The van der Waals surface area contributed by atoms with Gasteiger partial charge in [-0.15, -0.1) is 0 Å². The second kappa shape index (κ2) is 7.11. The van der Waals surface area contributed by atoms with E-state index in [2.05, 4.69) is 10.1 Å². The third kappa shape index (κ3) is 4.22. The molecule has 19 heavy (non-hydrogen) atoms. The van der Waals surface area contributed by atoms with Crippen LogP contribution in [0.2, 0.25) is 0 Å². The maximum atomic E-state index is 11.8. The Labute approximate surface area is 112 Å². The summed E-state index contributed by atoms with van der Waals surface area (Å²) in [5.41, 5.74) is -0.597. The molecule has 0 saturated heterocycles. The first-order valence-corrected chi connectivity index (χ1v) is 6.63. The van der Waals surface area contributed by atoms with Crippen molar-refractivity contribution in [2.45, 2.75) is 39.5 Å². The van der Waals surface area contributed by atoms with Gasteiger partial charge in [-0.25, -0.2) is 0 Å². The molecule has 0 aromatic carbocycles. The maximum absolute atomic E-state index is 11.8. The van der Waals surface area contributed by atoms with E-state index in [9.17, 15) is 14.4 Å². The summed E-state index contributed by atoms with van der Waals surface area (Å²) in [7, 11) is 0. The number of rotatable bonds is 7. The van der Waals surface area contributed by atoms with Gasteiger partial charge in [0.05, 0.1) is 18.6 Å². The van der Waals surface area contributed by atoms with Gasteiger partial charge in [-0.2, -0.15) is 0 Å². The van der Waals surface area contributed by atoms with Crippen molar-refractivity contribution in [3.8, 4) is 0 Å². The molecule has 1 rings (SSSR count). The van der Waals surface area contributed by atoms with Crippen LogP contribution in [0.15, 0.2) is 0 Å². The number of amides is 1. The molecular formula is C13H21NO5. The zero-order valence-electron chi connectivity index (χ0n) is 11.5. The van der Waals surface area contributed by atoms with Gasteiger partial charge in [-0.3, -0.25) is 14.4 Å². The molecule has 0 aliphatic heterocycles. The van der Waals surface area contributed by atoms with Crippen molar-refractivity contribution >= 4 is 17.8 Å². The first-order valence-electron chi connectivity index (χ1n) is 6.63. The SMILES string of the molecule is CCOC(=O)CC(=O)NCC1(C(=O)OCC)CCC1. The summed E-state index contributed by atoms with van der Waals surface area (Å²) < 4.78 is 9.70. The first-order chi connectivity index (χ1) is 9.04. The van der Waals surface area contributed by atoms with E-state index >= 15 is 0 Å². The van der Waals surface area contributed by atoms with E-state index in [-0.39, 0.29) is 25.5 Å². The highest BCUT2D eigenvalue weighted by Crippen LogP contribution is 2.41. The van der Waals surface area contributed by atoms with Gasteiger partial charge in [0.15, 0.2) is 0 Å². The van der Waals surface area contributed by atoms with Gasteiger partial charge in [0.25, 0.3) is 0 Å². The van der Waals surface area contributed by atoms with Crippen molar-refractivity contribution in [1.29, 1.82) is 0 Å². The zero-order valence-corrected chi connectivity index (χ0v) is 11.5. The van der Waals surface area contributed by atoms with Crippen molar-refractivity contribution in [1.82, 2.24) is 5.32 Å². The van der Waals surface area contributed by atoms with Gasteiger partial charge in [0, 0.05) is 6.54 Å². The molecule has 1 aliphatic rings. The van der Waals surface area contributed by atoms with Crippen molar-refractivity contribution in [2.75, 3.05) is 19.8 Å². The van der Waals surface area contributed by atoms with E-state index in [4.69, 9.17) is 4.74 Å². The van der Waals surface area contributed by atoms with Crippen LogP contribution in [-0.2, 0) is 23.9 Å². The number of nitrogens with one attached hydrogen (secondary N) is 1. The predicted molar refractivity (Wildman–Crippen MR) is 67.2 cm³/mol. The van der Waals surface area contributed by atoms with Crippen LogP contribution in [0.5, 0.6) is 0 Å². The highest BCUT2D eigenvalue weighted by atomic mass is 16.5. The summed E-state index contributed by atoms with van der Waals surface area (Å²) in [4.78, 5) is 34.5. The van der Waals surface area contributed by atoms with Gasteiger partial charge >= 0.3 is 11.9 Å². The molecule has 1 saturated carbocycles. The van der Waals surface area contributed by atoms with Gasteiger partial charge in [0.2, 0.25) is 5.91 Å². The highest BCUT2D eigenvalue weighted by Gasteiger charge is 2.45. The Bertz CT molecular complexity index is 349. The van der Waals surface area contributed by atoms with Crippen LogP contribution in [0.4, 0.5) is 0 Å². The molecule has 1 amide bonds. The molecule has 1 aliphatic carbocycles. The predicted octanol–water partition coefficient (Wildman–Crippen LogP) is 0.789. The standard InChI is InChI=1S/C13H21NO5/c1-3-18-11(16)8-10(15)14-9-13(6-5-7-13)12(17)19-4-2/h3-9H2,1-2H3,(H,14,15). The largest absolute Gasteiger partial charge is 0.466 e. The van der Waals surface area contributed by atoms with Crippen LogP contribution in [0.25, 0.3) is 0 Å². The Morgan fingerprint density at radius 3 is 2.21 bits per heavy atom. The van der Waals surface area contributed by atoms with E-state index < -0.39 is 17.3 Å². The van der Waals surface area contributed by atoms with Crippen LogP contribution in [0.1, 0.15) is 39.5 Å². The molecule has 0 bridgehead atoms. The van der Waals surface area contributed by atoms with Crippen molar-refractivity contribution in [2.24, 2.45) is 5.41 Å². The van der Waals surface area contributed by atoms with Crippen LogP contribution < -0.4 is 5.32 Å². The maximum Gasteiger partial charge on any atom is 0.315 e. The van der Waals surface area contributed by atoms with Gasteiger partial charge in [-0.05, 0) is 26.7 Å².